The van der Waals surface area contributed by atoms with E-state index in [4.69, 9.17) is 15.2 Å². The minimum atomic E-state index is -0.126. The number of aromatic nitrogens is 1. The van der Waals surface area contributed by atoms with Crippen molar-refractivity contribution in [1.29, 1.82) is 0 Å². The number of pyridine rings is 1. The zero-order valence-electron chi connectivity index (χ0n) is 11.6. The van der Waals surface area contributed by atoms with E-state index in [1.165, 1.54) is 0 Å². The van der Waals surface area contributed by atoms with Gasteiger partial charge < -0.3 is 20.1 Å². The molecule has 2 N–H and O–H groups in total. The van der Waals surface area contributed by atoms with Gasteiger partial charge in [0, 0.05) is 17.4 Å². The molecule has 0 atom stereocenters. The van der Waals surface area contributed by atoms with E-state index >= 15 is 0 Å². The molecular weight excluding hydrogens is 270 g/mol. The maximum absolute atomic E-state index is 12.2. The average Bonchev–Trinajstić information content (AvgIpc) is 2.50. The molecule has 0 saturated heterocycles. The topological polar surface area (TPSA) is 77.7 Å². The van der Waals surface area contributed by atoms with Crippen molar-refractivity contribution < 1.29 is 14.3 Å². The number of amides is 1. The first-order valence-electron chi connectivity index (χ1n) is 6.49. The molecule has 1 aliphatic rings. The summed E-state index contributed by atoms with van der Waals surface area (Å²) in [6.45, 7) is 0.370. The first kappa shape index (κ1) is 13.2. The summed E-state index contributed by atoms with van der Waals surface area (Å²) in [5.74, 6) is 1.02. The van der Waals surface area contributed by atoms with Crippen LogP contribution in [-0.2, 0) is 11.3 Å². The minimum Gasteiger partial charge on any atom is -0.482 e. The molecular formula is C15H15N3O3. The van der Waals surface area contributed by atoms with Gasteiger partial charge in [0.25, 0.3) is 5.91 Å². The summed E-state index contributed by atoms with van der Waals surface area (Å²) in [6, 6.07) is 8.93. The van der Waals surface area contributed by atoms with E-state index in [2.05, 4.69) is 4.98 Å². The molecule has 1 amide bonds. The Balaban J connectivity index is 1.98. The Labute approximate surface area is 122 Å². The second kappa shape index (κ2) is 5.32. The lowest BCUT2D eigenvalue weighted by molar-refractivity contribution is -0.121. The molecule has 2 heterocycles. The molecule has 21 heavy (non-hydrogen) atoms. The van der Waals surface area contributed by atoms with Gasteiger partial charge in [-0.1, -0.05) is 6.07 Å². The van der Waals surface area contributed by atoms with Gasteiger partial charge >= 0.3 is 0 Å². The van der Waals surface area contributed by atoms with Gasteiger partial charge in [-0.25, -0.2) is 4.98 Å². The Bertz CT molecular complexity index is 688. The zero-order valence-corrected chi connectivity index (χ0v) is 11.6. The molecule has 0 radical (unpaired) electrons. The van der Waals surface area contributed by atoms with Crippen LogP contribution in [0.25, 0.3) is 0 Å². The van der Waals surface area contributed by atoms with E-state index in [0.29, 0.717) is 29.5 Å². The quantitative estimate of drug-likeness (QED) is 0.867. The van der Waals surface area contributed by atoms with Crippen LogP contribution in [-0.4, -0.2) is 24.6 Å². The van der Waals surface area contributed by atoms with E-state index in [-0.39, 0.29) is 12.5 Å². The number of rotatable bonds is 3. The number of benzene rings is 1. The van der Waals surface area contributed by atoms with E-state index in [0.717, 1.165) is 5.56 Å². The molecule has 3 rings (SSSR count). The second-order valence-electron chi connectivity index (χ2n) is 4.67. The highest BCUT2D eigenvalue weighted by Gasteiger charge is 2.26. The zero-order chi connectivity index (χ0) is 14.8. The normalized spacial score (nSPS) is 13.6. The van der Waals surface area contributed by atoms with Crippen molar-refractivity contribution >= 4 is 17.3 Å². The van der Waals surface area contributed by atoms with Gasteiger partial charge in [-0.15, -0.1) is 0 Å². The summed E-state index contributed by atoms with van der Waals surface area (Å²) in [6.07, 6.45) is 1.65. The second-order valence-corrected chi connectivity index (χ2v) is 4.67. The highest BCUT2D eigenvalue weighted by molar-refractivity contribution is 5.98. The number of anilines is 2. The first-order valence-corrected chi connectivity index (χ1v) is 6.49. The van der Waals surface area contributed by atoms with Crippen LogP contribution in [0.2, 0.25) is 0 Å². The van der Waals surface area contributed by atoms with E-state index in [1.54, 1.807) is 36.4 Å². The van der Waals surface area contributed by atoms with Crippen LogP contribution in [0.5, 0.6) is 11.6 Å². The van der Waals surface area contributed by atoms with Gasteiger partial charge in [0.2, 0.25) is 5.88 Å². The number of hydrogen-bond donors (Lipinski definition) is 1. The lowest BCUT2D eigenvalue weighted by atomic mass is 10.1. The number of nitrogen functional groups attached to an aromatic ring is 1. The lowest BCUT2D eigenvalue weighted by Crippen LogP contribution is -2.38. The highest BCUT2D eigenvalue weighted by atomic mass is 16.5. The molecule has 0 bridgehead atoms. The number of methoxy groups -OCH3 is 1. The molecule has 1 aliphatic heterocycles. The minimum absolute atomic E-state index is 0.0134. The smallest absolute Gasteiger partial charge is 0.265 e. The molecule has 6 nitrogen and oxygen atoms in total. The number of nitrogens with two attached hydrogens (primary N) is 1. The molecule has 6 heteroatoms. The van der Waals surface area contributed by atoms with Crippen LogP contribution in [0.4, 0.5) is 11.4 Å². The van der Waals surface area contributed by atoms with Crippen molar-refractivity contribution in [2.75, 3.05) is 24.4 Å². The standard InChI is InChI=1S/C15H15N3O3/c1-20-15-10(3-2-6-17-15)8-18-12-7-11(16)4-5-13(12)21-9-14(18)19/h2-7H,8-9,16H2,1H3. The molecule has 108 valence electrons. The number of ether oxygens (including phenoxy) is 2. The van der Waals surface area contributed by atoms with Crippen LogP contribution in [0, 0.1) is 0 Å². The first-order chi connectivity index (χ1) is 10.2. The van der Waals surface area contributed by atoms with E-state index < -0.39 is 0 Å². The molecule has 1 aromatic carbocycles. The summed E-state index contributed by atoms with van der Waals surface area (Å²) in [5, 5.41) is 0. The van der Waals surface area contributed by atoms with Gasteiger partial charge in [-0.2, -0.15) is 0 Å². The van der Waals surface area contributed by atoms with Crippen molar-refractivity contribution in [1.82, 2.24) is 4.98 Å². The number of nitrogens with zero attached hydrogens (tertiary/aromatic N) is 2. The summed E-state index contributed by atoms with van der Waals surface area (Å²) in [4.78, 5) is 17.9. The molecule has 0 spiro atoms. The number of carbonyl (C=O) groups excluding carboxylic acids is 1. The molecule has 0 unspecified atom stereocenters. The predicted molar refractivity (Wildman–Crippen MR) is 78.3 cm³/mol. The third-order valence-electron chi connectivity index (χ3n) is 3.30. The van der Waals surface area contributed by atoms with Crippen LogP contribution in [0.15, 0.2) is 36.5 Å². The number of carbonyl (C=O) groups is 1. The van der Waals surface area contributed by atoms with Gasteiger partial charge in [0.1, 0.15) is 5.75 Å². The summed E-state index contributed by atoms with van der Waals surface area (Å²) < 4.78 is 10.7. The van der Waals surface area contributed by atoms with E-state index in [1.807, 2.05) is 12.1 Å². The van der Waals surface area contributed by atoms with Crippen LogP contribution in [0.3, 0.4) is 0 Å². The third kappa shape index (κ3) is 2.47. The van der Waals surface area contributed by atoms with Gasteiger partial charge in [0.15, 0.2) is 6.61 Å². The Kier molecular flexibility index (Phi) is 3.35. The third-order valence-corrected chi connectivity index (χ3v) is 3.30. The van der Waals surface area contributed by atoms with Gasteiger partial charge in [-0.05, 0) is 24.3 Å². The maximum Gasteiger partial charge on any atom is 0.265 e. The average molecular weight is 285 g/mol. The Hall–Kier alpha value is -2.76. The number of fused-ring (bicyclic) bond motifs is 1. The van der Waals surface area contributed by atoms with Crippen LogP contribution < -0.4 is 20.1 Å². The monoisotopic (exact) mass is 285 g/mol. The van der Waals surface area contributed by atoms with Gasteiger partial charge in [0.05, 0.1) is 19.3 Å². The SMILES string of the molecule is COc1ncccc1CN1C(=O)COc2ccc(N)cc21. The van der Waals surface area contributed by atoms with Gasteiger partial charge in [-0.3, -0.25) is 4.79 Å². The van der Waals surface area contributed by atoms with Crippen molar-refractivity contribution in [2.24, 2.45) is 0 Å². The van der Waals surface area contributed by atoms with Crippen molar-refractivity contribution in [2.45, 2.75) is 6.54 Å². The molecule has 0 saturated carbocycles. The van der Waals surface area contributed by atoms with Crippen molar-refractivity contribution in [3.8, 4) is 11.6 Å². The fourth-order valence-electron chi connectivity index (χ4n) is 2.29. The molecule has 2 aromatic rings. The van der Waals surface area contributed by atoms with Crippen LogP contribution in [0.1, 0.15) is 5.56 Å². The maximum atomic E-state index is 12.2. The molecule has 1 aromatic heterocycles. The summed E-state index contributed by atoms with van der Waals surface area (Å²) >= 11 is 0. The molecule has 0 aliphatic carbocycles. The van der Waals surface area contributed by atoms with Crippen LogP contribution >= 0.6 is 0 Å². The summed E-state index contributed by atoms with van der Waals surface area (Å²) in [5.41, 5.74) is 7.87. The number of hydrogen-bond acceptors (Lipinski definition) is 5. The Morgan fingerprint density at radius 1 is 1.43 bits per heavy atom. The summed E-state index contributed by atoms with van der Waals surface area (Å²) in [7, 11) is 1.55. The predicted octanol–water partition coefficient (Wildman–Crippen LogP) is 1.60. The van der Waals surface area contributed by atoms with Crippen molar-refractivity contribution in [3.05, 3.63) is 42.1 Å². The fourth-order valence-corrected chi connectivity index (χ4v) is 2.29. The van der Waals surface area contributed by atoms with E-state index in [9.17, 15) is 4.79 Å². The lowest BCUT2D eigenvalue weighted by Gasteiger charge is -2.29. The molecule has 0 fully saturated rings. The van der Waals surface area contributed by atoms with Crippen molar-refractivity contribution in [3.63, 3.8) is 0 Å². The largest absolute Gasteiger partial charge is 0.482 e. The highest BCUT2D eigenvalue weighted by Crippen LogP contribution is 2.35. The Morgan fingerprint density at radius 3 is 3.10 bits per heavy atom. The fraction of sp³-hybridized carbons (Fsp3) is 0.200. The Morgan fingerprint density at radius 2 is 2.29 bits per heavy atom.